The van der Waals surface area contributed by atoms with E-state index in [1.807, 2.05) is 0 Å². The molecule has 0 aliphatic heterocycles. The van der Waals surface area contributed by atoms with Gasteiger partial charge in [0.25, 0.3) is 0 Å². The molecule has 5 heteroatoms. The Labute approximate surface area is 89.2 Å². The highest BCUT2D eigenvalue weighted by Crippen LogP contribution is 2.00. The quantitative estimate of drug-likeness (QED) is 0.493. The van der Waals surface area contributed by atoms with Gasteiger partial charge in [-0.25, -0.2) is 0 Å². The molecule has 0 aromatic carbocycles. The molecule has 1 amide bonds. The van der Waals surface area contributed by atoms with Crippen LogP contribution in [0.4, 0.5) is 0 Å². The van der Waals surface area contributed by atoms with E-state index < -0.39 is 0 Å². The van der Waals surface area contributed by atoms with E-state index in [2.05, 4.69) is 10.1 Å². The fourth-order valence-electron chi connectivity index (χ4n) is 0.968. The summed E-state index contributed by atoms with van der Waals surface area (Å²) in [7, 11) is 1.34. The lowest BCUT2D eigenvalue weighted by molar-refractivity contribution is -0.140. The van der Waals surface area contributed by atoms with Gasteiger partial charge in [0, 0.05) is 12.8 Å². The summed E-state index contributed by atoms with van der Waals surface area (Å²) < 4.78 is 4.45. The van der Waals surface area contributed by atoms with Crippen LogP contribution in [0.25, 0.3) is 0 Å². The summed E-state index contributed by atoms with van der Waals surface area (Å²) in [5.41, 5.74) is 0. The molecule has 86 valence electrons. The van der Waals surface area contributed by atoms with Crippen LogP contribution in [0.2, 0.25) is 0 Å². The minimum absolute atomic E-state index is 0.0714. The second kappa shape index (κ2) is 7.96. The first kappa shape index (κ1) is 13.6. The SMILES string of the molecule is COC(=O)CCCCC(=O)NCC(C)=O. The highest BCUT2D eigenvalue weighted by molar-refractivity contribution is 5.84. The van der Waals surface area contributed by atoms with E-state index in [0.29, 0.717) is 25.7 Å². The first-order chi connectivity index (χ1) is 7.06. The number of ether oxygens (including phenoxy) is 1. The van der Waals surface area contributed by atoms with E-state index >= 15 is 0 Å². The van der Waals surface area contributed by atoms with Crippen LogP contribution in [-0.4, -0.2) is 31.3 Å². The van der Waals surface area contributed by atoms with Gasteiger partial charge in [-0.3, -0.25) is 14.4 Å². The zero-order valence-electron chi connectivity index (χ0n) is 9.17. The number of hydrogen-bond donors (Lipinski definition) is 1. The summed E-state index contributed by atoms with van der Waals surface area (Å²) in [4.78, 5) is 32.3. The van der Waals surface area contributed by atoms with Crippen molar-refractivity contribution in [3.8, 4) is 0 Å². The molecule has 0 aromatic heterocycles. The Balaban J connectivity index is 3.39. The Morgan fingerprint density at radius 1 is 1.13 bits per heavy atom. The van der Waals surface area contributed by atoms with E-state index in [1.54, 1.807) is 0 Å². The van der Waals surface area contributed by atoms with Crippen LogP contribution in [0.15, 0.2) is 0 Å². The number of methoxy groups -OCH3 is 1. The molecule has 0 aliphatic carbocycles. The lowest BCUT2D eigenvalue weighted by atomic mass is 10.2. The number of hydrogen-bond acceptors (Lipinski definition) is 4. The number of nitrogens with one attached hydrogen (secondary N) is 1. The maximum absolute atomic E-state index is 11.1. The predicted molar refractivity (Wildman–Crippen MR) is 54.2 cm³/mol. The molecule has 5 nitrogen and oxygen atoms in total. The van der Waals surface area contributed by atoms with Crippen molar-refractivity contribution in [2.24, 2.45) is 0 Å². The molecular weight excluding hydrogens is 198 g/mol. The molecule has 0 heterocycles. The summed E-state index contributed by atoms with van der Waals surface area (Å²) in [5, 5.41) is 2.48. The van der Waals surface area contributed by atoms with E-state index in [-0.39, 0.29) is 24.2 Å². The van der Waals surface area contributed by atoms with Crippen molar-refractivity contribution in [3.05, 3.63) is 0 Å². The van der Waals surface area contributed by atoms with Crippen LogP contribution in [0.1, 0.15) is 32.6 Å². The molecule has 0 radical (unpaired) electrons. The zero-order chi connectivity index (χ0) is 11.7. The fourth-order valence-corrected chi connectivity index (χ4v) is 0.968. The first-order valence-corrected chi connectivity index (χ1v) is 4.89. The van der Waals surface area contributed by atoms with E-state index in [4.69, 9.17) is 0 Å². The standard InChI is InChI=1S/C10H17NO4/c1-8(12)7-11-9(13)5-3-4-6-10(14)15-2/h3-7H2,1-2H3,(H,11,13). The molecule has 15 heavy (non-hydrogen) atoms. The zero-order valence-corrected chi connectivity index (χ0v) is 9.17. The third kappa shape index (κ3) is 8.93. The van der Waals surface area contributed by atoms with Gasteiger partial charge in [-0.2, -0.15) is 0 Å². The van der Waals surface area contributed by atoms with Crippen molar-refractivity contribution in [2.75, 3.05) is 13.7 Å². The van der Waals surface area contributed by atoms with Gasteiger partial charge in [-0.15, -0.1) is 0 Å². The van der Waals surface area contributed by atoms with Gasteiger partial charge in [0.05, 0.1) is 13.7 Å². The van der Waals surface area contributed by atoms with Gasteiger partial charge >= 0.3 is 5.97 Å². The van der Waals surface area contributed by atoms with Gasteiger partial charge in [-0.05, 0) is 19.8 Å². The van der Waals surface area contributed by atoms with E-state index in [1.165, 1.54) is 14.0 Å². The first-order valence-electron chi connectivity index (χ1n) is 4.89. The monoisotopic (exact) mass is 215 g/mol. The topological polar surface area (TPSA) is 72.5 Å². The van der Waals surface area contributed by atoms with Crippen LogP contribution in [-0.2, 0) is 19.1 Å². The Kier molecular flexibility index (Phi) is 7.23. The number of rotatable bonds is 7. The number of unbranched alkanes of at least 4 members (excludes halogenated alkanes) is 1. The second-order valence-electron chi connectivity index (χ2n) is 3.26. The number of esters is 1. The number of amides is 1. The molecule has 0 unspecified atom stereocenters. The van der Waals surface area contributed by atoms with Crippen molar-refractivity contribution in [1.29, 1.82) is 0 Å². The smallest absolute Gasteiger partial charge is 0.305 e. The largest absolute Gasteiger partial charge is 0.469 e. The van der Waals surface area contributed by atoms with Gasteiger partial charge in [0.2, 0.25) is 5.91 Å². The minimum Gasteiger partial charge on any atom is -0.469 e. The molecule has 0 atom stereocenters. The molecule has 0 spiro atoms. The van der Waals surface area contributed by atoms with Gasteiger partial charge in [-0.1, -0.05) is 0 Å². The Morgan fingerprint density at radius 3 is 2.27 bits per heavy atom. The average Bonchev–Trinajstić information content (AvgIpc) is 2.21. The predicted octanol–water partition coefficient (Wildman–Crippen LogP) is 0.425. The maximum atomic E-state index is 11.1. The second-order valence-corrected chi connectivity index (χ2v) is 3.26. The number of carbonyl (C=O) groups excluding carboxylic acids is 3. The van der Waals surface area contributed by atoms with Gasteiger partial charge in [0.15, 0.2) is 0 Å². The Hall–Kier alpha value is -1.39. The average molecular weight is 215 g/mol. The maximum Gasteiger partial charge on any atom is 0.305 e. The molecule has 0 bridgehead atoms. The van der Waals surface area contributed by atoms with Crippen molar-refractivity contribution in [2.45, 2.75) is 32.6 Å². The lowest BCUT2D eigenvalue weighted by Gasteiger charge is -2.02. The minimum atomic E-state index is -0.265. The lowest BCUT2D eigenvalue weighted by Crippen LogP contribution is -2.27. The third-order valence-electron chi connectivity index (χ3n) is 1.80. The van der Waals surface area contributed by atoms with E-state index in [0.717, 1.165) is 0 Å². The highest BCUT2D eigenvalue weighted by atomic mass is 16.5. The fraction of sp³-hybridized carbons (Fsp3) is 0.700. The highest BCUT2D eigenvalue weighted by Gasteiger charge is 2.04. The van der Waals surface area contributed by atoms with Crippen LogP contribution < -0.4 is 5.32 Å². The van der Waals surface area contributed by atoms with Crippen LogP contribution in [0.5, 0.6) is 0 Å². The summed E-state index contributed by atoms with van der Waals surface area (Å²) >= 11 is 0. The van der Waals surface area contributed by atoms with E-state index in [9.17, 15) is 14.4 Å². The van der Waals surface area contributed by atoms with Gasteiger partial charge in [0.1, 0.15) is 5.78 Å². The van der Waals surface area contributed by atoms with Crippen molar-refractivity contribution >= 4 is 17.7 Å². The normalized spacial score (nSPS) is 9.47. The van der Waals surface area contributed by atoms with Crippen LogP contribution in [0.3, 0.4) is 0 Å². The van der Waals surface area contributed by atoms with Crippen LogP contribution in [0, 0.1) is 0 Å². The summed E-state index contributed by atoms with van der Waals surface area (Å²) in [6, 6.07) is 0. The third-order valence-corrected chi connectivity index (χ3v) is 1.80. The van der Waals surface area contributed by atoms with Gasteiger partial charge < -0.3 is 10.1 Å². The molecule has 0 saturated carbocycles. The molecule has 1 N–H and O–H groups in total. The molecule has 0 saturated heterocycles. The molecular formula is C10H17NO4. The Morgan fingerprint density at radius 2 is 1.73 bits per heavy atom. The summed E-state index contributed by atoms with van der Waals surface area (Å²) in [5.74, 6) is -0.493. The number of carbonyl (C=O) groups is 3. The van der Waals surface area contributed by atoms with Crippen molar-refractivity contribution in [1.82, 2.24) is 5.32 Å². The molecule has 0 fully saturated rings. The van der Waals surface area contributed by atoms with Crippen LogP contribution >= 0.6 is 0 Å². The van der Waals surface area contributed by atoms with Crippen molar-refractivity contribution in [3.63, 3.8) is 0 Å². The molecule has 0 aromatic rings. The van der Waals surface area contributed by atoms with Crippen molar-refractivity contribution < 1.29 is 19.1 Å². The molecule has 0 rings (SSSR count). The number of Topliss-reactive ketones (excluding diaryl/α,β-unsaturated/α-hetero) is 1. The summed E-state index contributed by atoms with van der Waals surface area (Å²) in [6.07, 6.45) is 1.92. The number of ketones is 1. The summed E-state index contributed by atoms with van der Waals surface area (Å²) in [6.45, 7) is 1.49. The molecule has 0 aliphatic rings. The Bertz CT molecular complexity index is 238.